The molecule has 0 spiro atoms. The van der Waals surface area contributed by atoms with Crippen molar-refractivity contribution < 1.29 is 28.6 Å². The van der Waals surface area contributed by atoms with Gasteiger partial charge in [-0.25, -0.2) is 24.4 Å². The molecule has 12 nitrogen and oxygen atoms in total. The Morgan fingerprint density at radius 3 is 1.92 bits per heavy atom. The maximum absolute atomic E-state index is 11.8. The molecule has 4 heterocycles. The van der Waals surface area contributed by atoms with Crippen LogP contribution in [0.15, 0.2) is 77.8 Å². The molecule has 0 N–H and O–H groups in total. The Balaban J connectivity index is 0.000000186. The van der Waals surface area contributed by atoms with Crippen molar-refractivity contribution in [2.45, 2.75) is 40.2 Å². The fourth-order valence-corrected chi connectivity index (χ4v) is 4.96. The summed E-state index contributed by atoms with van der Waals surface area (Å²) in [6.45, 7) is 9.27. The highest BCUT2D eigenvalue weighted by Gasteiger charge is 2.20. The van der Waals surface area contributed by atoms with Gasteiger partial charge in [-0.3, -0.25) is 4.68 Å². The van der Waals surface area contributed by atoms with Gasteiger partial charge in [0.25, 0.3) is 0 Å². The number of hydrogen-bond acceptors (Lipinski definition) is 10. The van der Waals surface area contributed by atoms with E-state index in [1.165, 1.54) is 14.2 Å². The van der Waals surface area contributed by atoms with Crippen molar-refractivity contribution in [2.24, 2.45) is 7.05 Å². The number of benzene rings is 2. The van der Waals surface area contributed by atoms with Crippen LogP contribution in [0.5, 0.6) is 0 Å². The lowest BCUT2D eigenvalue weighted by molar-refractivity contribution is 0.0519. The Kier molecular flexibility index (Phi) is 12.9. The molecule has 0 saturated carbocycles. The van der Waals surface area contributed by atoms with Gasteiger partial charge in [0, 0.05) is 51.4 Å². The summed E-state index contributed by atoms with van der Waals surface area (Å²) < 4.78 is 18.3. The molecule has 0 aliphatic rings. The highest BCUT2D eigenvalue weighted by Crippen LogP contribution is 2.18. The van der Waals surface area contributed by atoms with Crippen molar-refractivity contribution in [3.8, 4) is 24.2 Å². The molecule has 0 saturated heterocycles. The topological polar surface area (TPSA) is 140 Å². The number of halogens is 1. The second-order valence-electron chi connectivity index (χ2n) is 12.4. The summed E-state index contributed by atoms with van der Waals surface area (Å²) in [6, 6.07) is 14.3. The van der Waals surface area contributed by atoms with Gasteiger partial charge in [0.1, 0.15) is 5.60 Å². The van der Waals surface area contributed by atoms with Gasteiger partial charge < -0.3 is 14.2 Å². The lowest BCUT2D eigenvalue weighted by Gasteiger charge is -2.18. The number of pyridine rings is 2. The minimum absolute atomic E-state index is 0.364. The molecule has 0 atom stereocenters. The van der Waals surface area contributed by atoms with Crippen molar-refractivity contribution in [1.82, 2.24) is 29.5 Å². The van der Waals surface area contributed by atoms with Crippen molar-refractivity contribution in [3.63, 3.8) is 0 Å². The Morgan fingerprint density at radius 2 is 1.32 bits per heavy atom. The number of terminal acetylenes is 1. The number of fused-ring (bicyclic) bond motifs is 2. The average molecular weight is 778 g/mol. The zero-order valence-electron chi connectivity index (χ0n) is 30.5. The van der Waals surface area contributed by atoms with Gasteiger partial charge in [-0.1, -0.05) is 29.9 Å². The number of aromatic nitrogens is 6. The number of nitrogens with zero attached hydrogens (tertiary/aromatic N) is 6. The quantitative estimate of drug-likeness (QED) is 0.101. The first-order valence-electron chi connectivity index (χ1n) is 16.0. The summed E-state index contributed by atoms with van der Waals surface area (Å²) in [7, 11) is 4.56. The van der Waals surface area contributed by atoms with Crippen LogP contribution in [-0.4, -0.2) is 67.4 Å². The number of rotatable bonds is 2. The fraction of sp³-hybridized carbons (Fsp3) is 0.225. The van der Waals surface area contributed by atoms with Crippen molar-refractivity contribution in [1.29, 1.82) is 0 Å². The predicted molar refractivity (Wildman–Crippen MR) is 204 cm³/mol. The van der Waals surface area contributed by atoms with Crippen molar-refractivity contribution in [2.75, 3.05) is 14.2 Å². The molecule has 0 unspecified atom stereocenters. The Hall–Kier alpha value is -6.31. The molecule has 0 aliphatic heterocycles. The maximum atomic E-state index is 11.8. The van der Waals surface area contributed by atoms with E-state index in [1.54, 1.807) is 80.6 Å². The SMILES string of the molecule is C#Cc1cc(C(=O)OC)ccc1C.CC(C)(C)OC(=O)n1ncc2cc(Br)cnc21.COC(=O)c1ccc(C)c(C#Cc2cnc3c(cnn3C)c2)c1. The maximum Gasteiger partial charge on any atom is 0.437 e. The van der Waals surface area contributed by atoms with Crippen molar-refractivity contribution in [3.05, 3.63) is 117 Å². The second-order valence-corrected chi connectivity index (χ2v) is 13.4. The molecule has 53 heavy (non-hydrogen) atoms. The van der Waals surface area contributed by atoms with E-state index in [4.69, 9.17) is 15.9 Å². The standard InChI is InChI=1S/C18H15N3O2.C11H12BrN3O2.C11H10O2/c1-12-4-6-15(18(22)23-3)9-14(12)7-5-13-8-16-11-20-21(2)17(16)19-10-13;1-11(2,3)17-10(16)15-9-7(5-14-15)4-8(12)6-13-9;1-4-9-7-10(11(12)13-3)6-5-8(9)2/h4,6,8-11H,1-3H3;4-6H,1-3H3;1,5-7H,2-3H3. The lowest BCUT2D eigenvalue weighted by atomic mass is 10.0. The molecule has 4 aromatic heterocycles. The number of aryl methyl sites for hydroxylation is 3. The van der Waals surface area contributed by atoms with E-state index in [2.05, 4.69) is 58.6 Å². The van der Waals surface area contributed by atoms with Crippen LogP contribution in [0.4, 0.5) is 4.79 Å². The van der Waals surface area contributed by atoms with Crippen LogP contribution in [0.2, 0.25) is 0 Å². The van der Waals surface area contributed by atoms with Crippen LogP contribution in [0.1, 0.15) is 69.3 Å². The predicted octanol–water partition coefficient (Wildman–Crippen LogP) is 7.20. The lowest BCUT2D eigenvalue weighted by Crippen LogP contribution is -2.27. The molecule has 0 fully saturated rings. The van der Waals surface area contributed by atoms with Crippen LogP contribution in [0, 0.1) is 38.0 Å². The van der Waals surface area contributed by atoms with E-state index in [9.17, 15) is 14.4 Å². The van der Waals surface area contributed by atoms with Crippen LogP contribution >= 0.6 is 15.9 Å². The fourth-order valence-electron chi connectivity index (χ4n) is 4.61. The first kappa shape index (κ1) is 39.5. The number of esters is 2. The van der Waals surface area contributed by atoms with Gasteiger partial charge in [-0.15, -0.1) is 11.1 Å². The number of methoxy groups -OCH3 is 2. The van der Waals surface area contributed by atoms with Gasteiger partial charge in [0.2, 0.25) is 0 Å². The molecule has 6 rings (SSSR count). The van der Waals surface area contributed by atoms with Crippen LogP contribution < -0.4 is 0 Å². The highest BCUT2D eigenvalue weighted by atomic mass is 79.9. The largest absolute Gasteiger partial charge is 0.465 e. The van der Waals surface area contributed by atoms with Crippen LogP contribution in [0.3, 0.4) is 0 Å². The molecule has 6 aromatic rings. The minimum atomic E-state index is -0.551. The zero-order chi connectivity index (χ0) is 38.9. The summed E-state index contributed by atoms with van der Waals surface area (Å²) in [4.78, 5) is 43.1. The highest BCUT2D eigenvalue weighted by molar-refractivity contribution is 9.10. The zero-order valence-corrected chi connectivity index (χ0v) is 32.1. The first-order chi connectivity index (χ1) is 25.1. The van der Waals surface area contributed by atoms with E-state index < -0.39 is 11.7 Å². The Labute approximate surface area is 315 Å². The van der Waals surface area contributed by atoms with Crippen LogP contribution in [-0.2, 0) is 21.3 Å². The molecule has 0 amide bonds. The smallest absolute Gasteiger partial charge is 0.437 e. The third-order valence-corrected chi connectivity index (χ3v) is 7.76. The average Bonchev–Trinajstić information content (AvgIpc) is 3.73. The van der Waals surface area contributed by atoms with E-state index in [0.29, 0.717) is 16.8 Å². The molecule has 0 aliphatic carbocycles. The summed E-state index contributed by atoms with van der Waals surface area (Å²) in [5, 5.41) is 9.87. The van der Waals surface area contributed by atoms with E-state index in [0.717, 1.165) is 53.4 Å². The summed E-state index contributed by atoms with van der Waals surface area (Å²) in [5.41, 5.74) is 6.03. The summed E-state index contributed by atoms with van der Waals surface area (Å²) in [5.74, 6) is 7.95. The van der Waals surface area contributed by atoms with E-state index in [-0.39, 0.29) is 11.9 Å². The monoisotopic (exact) mass is 776 g/mol. The molecule has 270 valence electrons. The third kappa shape index (κ3) is 10.4. The van der Waals surface area contributed by atoms with Gasteiger partial charge in [-0.05, 0) is 98.1 Å². The molecular formula is C40H37BrN6O6. The van der Waals surface area contributed by atoms with Gasteiger partial charge >= 0.3 is 18.0 Å². The normalized spacial score (nSPS) is 10.4. The van der Waals surface area contributed by atoms with Gasteiger partial charge in [-0.2, -0.15) is 10.2 Å². The van der Waals surface area contributed by atoms with Gasteiger partial charge in [0.15, 0.2) is 11.3 Å². The molecule has 2 aromatic carbocycles. The Bertz CT molecular complexity index is 2420. The second kappa shape index (κ2) is 17.3. The molecule has 13 heteroatoms. The molecular weight excluding hydrogens is 740 g/mol. The van der Waals surface area contributed by atoms with E-state index in [1.807, 2.05) is 39.1 Å². The van der Waals surface area contributed by atoms with Crippen LogP contribution in [0.25, 0.3) is 22.1 Å². The first-order valence-corrected chi connectivity index (χ1v) is 16.8. The number of carbonyl (C=O) groups excluding carboxylic acids is 3. The molecule has 0 bridgehead atoms. The van der Waals surface area contributed by atoms with Gasteiger partial charge in [0.05, 0.1) is 37.7 Å². The van der Waals surface area contributed by atoms with E-state index >= 15 is 0 Å². The van der Waals surface area contributed by atoms with Crippen molar-refractivity contribution >= 4 is 56.0 Å². The third-order valence-electron chi connectivity index (χ3n) is 7.33. The minimum Gasteiger partial charge on any atom is -0.465 e. The number of hydrogen-bond donors (Lipinski definition) is 0. The summed E-state index contributed by atoms with van der Waals surface area (Å²) >= 11 is 3.31. The number of ether oxygens (including phenoxy) is 3. The Morgan fingerprint density at radius 1 is 0.755 bits per heavy atom. The molecule has 0 radical (unpaired) electrons. The number of carbonyl (C=O) groups is 3. The summed E-state index contributed by atoms with van der Waals surface area (Å²) in [6.07, 6.45) is 11.4.